The molecule has 2 nitrogen and oxygen atoms in total. The van der Waals surface area contributed by atoms with E-state index in [1.54, 1.807) is 0 Å². The molecule has 0 saturated carbocycles. The van der Waals surface area contributed by atoms with Gasteiger partial charge in [-0.15, -0.1) is 0 Å². The average Bonchev–Trinajstić information content (AvgIpc) is 1.81. The van der Waals surface area contributed by atoms with Crippen molar-refractivity contribution in [1.29, 1.82) is 0 Å². The molecule has 0 aromatic heterocycles. The third-order valence-corrected chi connectivity index (χ3v) is 1.42. The average molecular weight is 155 g/mol. The standard InChI is InChI=1S/C9H17NO/c1-6(2)5-8(7(3)4)9(10)11/h5-7H,1-4H3,(H2,10,11)/b8-5+. The summed E-state index contributed by atoms with van der Waals surface area (Å²) in [6.07, 6.45) is 1.92. The zero-order valence-corrected chi connectivity index (χ0v) is 7.72. The normalized spacial score (nSPS) is 12.7. The van der Waals surface area contributed by atoms with E-state index in [1.165, 1.54) is 0 Å². The number of rotatable bonds is 3. The number of hydrogen-bond acceptors (Lipinski definition) is 1. The second-order valence-corrected chi connectivity index (χ2v) is 3.38. The van der Waals surface area contributed by atoms with Gasteiger partial charge in [0.05, 0.1) is 0 Å². The first-order valence-corrected chi connectivity index (χ1v) is 3.96. The fraction of sp³-hybridized carbons (Fsp3) is 0.667. The third kappa shape index (κ3) is 3.81. The first-order chi connectivity index (χ1) is 4.95. The Morgan fingerprint density at radius 1 is 1.27 bits per heavy atom. The minimum Gasteiger partial charge on any atom is -0.366 e. The monoisotopic (exact) mass is 155 g/mol. The Labute approximate surface area is 68.5 Å². The zero-order chi connectivity index (χ0) is 9.02. The van der Waals surface area contributed by atoms with E-state index >= 15 is 0 Å². The lowest BCUT2D eigenvalue weighted by Gasteiger charge is -2.08. The second-order valence-electron chi connectivity index (χ2n) is 3.38. The summed E-state index contributed by atoms with van der Waals surface area (Å²) in [5.74, 6) is 0.323. The molecule has 0 bridgehead atoms. The molecule has 0 fully saturated rings. The number of allylic oxidation sites excluding steroid dienone is 1. The SMILES string of the molecule is CC(C)/C=C(/C(N)=O)C(C)C. The zero-order valence-electron chi connectivity index (χ0n) is 7.72. The van der Waals surface area contributed by atoms with Crippen LogP contribution >= 0.6 is 0 Å². The molecule has 2 N–H and O–H groups in total. The van der Waals surface area contributed by atoms with Crippen LogP contribution in [0.5, 0.6) is 0 Å². The summed E-state index contributed by atoms with van der Waals surface area (Å²) in [5.41, 5.74) is 5.91. The van der Waals surface area contributed by atoms with Crippen molar-refractivity contribution in [2.75, 3.05) is 0 Å². The minimum absolute atomic E-state index is 0.231. The van der Waals surface area contributed by atoms with Crippen molar-refractivity contribution in [1.82, 2.24) is 0 Å². The van der Waals surface area contributed by atoms with Gasteiger partial charge >= 0.3 is 0 Å². The fourth-order valence-corrected chi connectivity index (χ4v) is 0.918. The van der Waals surface area contributed by atoms with Crippen LogP contribution in [0.3, 0.4) is 0 Å². The lowest BCUT2D eigenvalue weighted by atomic mass is 9.99. The van der Waals surface area contributed by atoms with Crippen molar-refractivity contribution in [3.8, 4) is 0 Å². The molecule has 1 amide bonds. The van der Waals surface area contributed by atoms with Crippen molar-refractivity contribution in [3.05, 3.63) is 11.6 Å². The van der Waals surface area contributed by atoms with Gasteiger partial charge in [0.2, 0.25) is 5.91 Å². The van der Waals surface area contributed by atoms with Gasteiger partial charge in [-0.3, -0.25) is 4.79 Å². The van der Waals surface area contributed by atoms with Gasteiger partial charge in [-0.05, 0) is 11.8 Å². The molecular weight excluding hydrogens is 138 g/mol. The highest BCUT2D eigenvalue weighted by Gasteiger charge is 2.09. The number of amides is 1. The summed E-state index contributed by atoms with van der Waals surface area (Å²) in [6.45, 7) is 8.01. The third-order valence-electron chi connectivity index (χ3n) is 1.42. The molecule has 11 heavy (non-hydrogen) atoms. The lowest BCUT2D eigenvalue weighted by molar-refractivity contribution is -0.115. The van der Waals surface area contributed by atoms with Gasteiger partial charge in [-0.1, -0.05) is 33.8 Å². The van der Waals surface area contributed by atoms with Crippen LogP contribution < -0.4 is 5.73 Å². The van der Waals surface area contributed by atoms with Gasteiger partial charge in [-0.25, -0.2) is 0 Å². The van der Waals surface area contributed by atoms with Gasteiger partial charge < -0.3 is 5.73 Å². The van der Waals surface area contributed by atoms with Gasteiger partial charge in [0, 0.05) is 5.57 Å². The topological polar surface area (TPSA) is 43.1 Å². The van der Waals surface area contributed by atoms with Crippen LogP contribution in [0.1, 0.15) is 27.7 Å². The Balaban J connectivity index is 4.47. The molecule has 0 radical (unpaired) electrons. The minimum atomic E-state index is -0.297. The largest absolute Gasteiger partial charge is 0.366 e. The Morgan fingerprint density at radius 3 is 1.82 bits per heavy atom. The first kappa shape index (κ1) is 10.2. The predicted octanol–water partition coefficient (Wildman–Crippen LogP) is 1.71. The Bertz CT molecular complexity index is 168. The molecule has 0 aliphatic rings. The summed E-state index contributed by atoms with van der Waals surface area (Å²) >= 11 is 0. The second kappa shape index (κ2) is 4.16. The maximum absolute atomic E-state index is 10.8. The van der Waals surface area contributed by atoms with Crippen LogP contribution in [0.25, 0.3) is 0 Å². The van der Waals surface area contributed by atoms with E-state index in [0.29, 0.717) is 5.92 Å². The molecule has 0 aromatic carbocycles. The van der Waals surface area contributed by atoms with E-state index < -0.39 is 0 Å². The Kier molecular flexibility index (Phi) is 3.86. The Morgan fingerprint density at radius 2 is 1.73 bits per heavy atom. The summed E-state index contributed by atoms with van der Waals surface area (Å²) in [5, 5.41) is 0. The molecule has 0 aromatic rings. The van der Waals surface area contributed by atoms with E-state index in [2.05, 4.69) is 0 Å². The van der Waals surface area contributed by atoms with E-state index in [0.717, 1.165) is 5.57 Å². The number of nitrogens with two attached hydrogens (primary N) is 1. The van der Waals surface area contributed by atoms with E-state index in [-0.39, 0.29) is 11.8 Å². The van der Waals surface area contributed by atoms with Crippen LogP contribution in [-0.2, 0) is 4.79 Å². The molecule has 0 rings (SSSR count). The van der Waals surface area contributed by atoms with Gasteiger partial charge in [0.15, 0.2) is 0 Å². The molecule has 0 atom stereocenters. The van der Waals surface area contributed by atoms with Crippen molar-refractivity contribution in [2.45, 2.75) is 27.7 Å². The van der Waals surface area contributed by atoms with Crippen molar-refractivity contribution < 1.29 is 4.79 Å². The smallest absolute Gasteiger partial charge is 0.244 e. The summed E-state index contributed by atoms with van der Waals surface area (Å²) < 4.78 is 0. The van der Waals surface area contributed by atoms with Crippen LogP contribution in [0.15, 0.2) is 11.6 Å². The molecular formula is C9H17NO. The number of primary amides is 1. The summed E-state index contributed by atoms with van der Waals surface area (Å²) in [4.78, 5) is 10.8. The van der Waals surface area contributed by atoms with Crippen molar-refractivity contribution >= 4 is 5.91 Å². The molecule has 64 valence electrons. The van der Waals surface area contributed by atoms with Crippen molar-refractivity contribution in [2.24, 2.45) is 17.6 Å². The van der Waals surface area contributed by atoms with Crippen LogP contribution in [0.2, 0.25) is 0 Å². The molecule has 0 aliphatic carbocycles. The molecule has 0 heterocycles. The lowest BCUT2D eigenvalue weighted by Crippen LogP contribution is -2.18. The summed E-state index contributed by atoms with van der Waals surface area (Å²) in [6, 6.07) is 0. The molecule has 0 aliphatic heterocycles. The van der Waals surface area contributed by atoms with Gasteiger partial charge in [0.1, 0.15) is 0 Å². The molecule has 2 heteroatoms. The quantitative estimate of drug-likeness (QED) is 0.619. The Hall–Kier alpha value is -0.790. The number of carbonyl (C=O) groups is 1. The highest BCUT2D eigenvalue weighted by molar-refractivity contribution is 5.92. The predicted molar refractivity (Wildman–Crippen MR) is 47.0 cm³/mol. The highest BCUT2D eigenvalue weighted by atomic mass is 16.1. The van der Waals surface area contributed by atoms with Gasteiger partial charge in [0.25, 0.3) is 0 Å². The maximum atomic E-state index is 10.8. The van der Waals surface area contributed by atoms with E-state index in [4.69, 9.17) is 5.73 Å². The van der Waals surface area contributed by atoms with Gasteiger partial charge in [-0.2, -0.15) is 0 Å². The molecule has 0 saturated heterocycles. The molecule has 0 spiro atoms. The van der Waals surface area contributed by atoms with Crippen LogP contribution in [-0.4, -0.2) is 5.91 Å². The number of carbonyl (C=O) groups excluding carboxylic acids is 1. The fourth-order valence-electron chi connectivity index (χ4n) is 0.918. The number of hydrogen-bond donors (Lipinski definition) is 1. The molecule has 0 unspecified atom stereocenters. The van der Waals surface area contributed by atoms with E-state index in [9.17, 15) is 4.79 Å². The maximum Gasteiger partial charge on any atom is 0.244 e. The highest BCUT2D eigenvalue weighted by Crippen LogP contribution is 2.11. The summed E-state index contributed by atoms with van der Waals surface area (Å²) in [7, 11) is 0. The van der Waals surface area contributed by atoms with Crippen molar-refractivity contribution in [3.63, 3.8) is 0 Å². The first-order valence-electron chi connectivity index (χ1n) is 3.96. The van der Waals surface area contributed by atoms with E-state index in [1.807, 2.05) is 33.8 Å². The van der Waals surface area contributed by atoms with Crippen LogP contribution in [0.4, 0.5) is 0 Å². The van der Waals surface area contributed by atoms with Crippen LogP contribution in [0, 0.1) is 11.8 Å².